The summed E-state index contributed by atoms with van der Waals surface area (Å²) in [6.07, 6.45) is 1.84. The molecule has 0 aliphatic rings. The second-order valence-corrected chi connectivity index (χ2v) is 7.37. The number of nitrogens with zero attached hydrogens (tertiary/aromatic N) is 4. The lowest BCUT2D eigenvalue weighted by molar-refractivity contribution is 0.0931. The number of halogens is 1. The molecule has 28 heavy (non-hydrogen) atoms. The molecule has 0 spiro atoms. The molecule has 0 fully saturated rings. The van der Waals surface area contributed by atoms with E-state index in [2.05, 4.69) is 20.6 Å². The Bertz CT molecular complexity index is 1030. The summed E-state index contributed by atoms with van der Waals surface area (Å²) in [5.74, 6) is 0.0617. The Hall–Kier alpha value is -3.11. The normalized spacial score (nSPS) is 12.0. The fourth-order valence-corrected chi connectivity index (χ4v) is 2.98. The van der Waals surface area contributed by atoms with E-state index < -0.39 is 0 Å². The molecule has 1 atom stereocenters. The maximum absolute atomic E-state index is 12.3. The second kappa shape index (κ2) is 8.28. The summed E-state index contributed by atoms with van der Waals surface area (Å²) >= 11 is 6.09. The van der Waals surface area contributed by atoms with E-state index in [4.69, 9.17) is 16.9 Å². The van der Waals surface area contributed by atoms with Gasteiger partial charge >= 0.3 is 0 Å². The minimum atomic E-state index is -0.220. The average Bonchev–Trinajstić information content (AvgIpc) is 3.31. The van der Waals surface area contributed by atoms with Crippen LogP contribution in [0.5, 0.6) is 0 Å². The molecule has 0 radical (unpaired) electrons. The van der Waals surface area contributed by atoms with Crippen LogP contribution in [0.1, 0.15) is 48.4 Å². The Morgan fingerprint density at radius 1 is 1.32 bits per heavy atom. The van der Waals surface area contributed by atoms with Crippen molar-refractivity contribution in [3.8, 4) is 17.3 Å². The van der Waals surface area contributed by atoms with Crippen molar-refractivity contribution in [2.24, 2.45) is 0 Å². The van der Waals surface area contributed by atoms with Crippen LogP contribution in [0, 0.1) is 11.3 Å². The first-order valence-electron chi connectivity index (χ1n) is 8.97. The standard InChI is InChI=1S/C20H21ClN6O/c1-12(2)18-9-19(25-24-18)20(28)23-13(3)11-27-7-6-17(26-27)14-4-5-15(10-22)16(21)8-14/h4-9,12-13H,11H2,1-3H3,(H,23,28)(H,24,25)/t13-/m0/s1. The number of aromatic amines is 1. The summed E-state index contributed by atoms with van der Waals surface area (Å²) < 4.78 is 1.76. The lowest BCUT2D eigenvalue weighted by Crippen LogP contribution is -2.36. The van der Waals surface area contributed by atoms with Crippen molar-refractivity contribution in [2.75, 3.05) is 0 Å². The van der Waals surface area contributed by atoms with Crippen molar-refractivity contribution in [1.29, 1.82) is 5.26 Å². The first kappa shape index (κ1) is 19.6. The fourth-order valence-electron chi connectivity index (χ4n) is 2.76. The van der Waals surface area contributed by atoms with Crippen LogP contribution in [0.15, 0.2) is 36.5 Å². The highest BCUT2D eigenvalue weighted by atomic mass is 35.5. The van der Waals surface area contributed by atoms with E-state index >= 15 is 0 Å². The molecule has 2 aromatic heterocycles. The molecular weight excluding hydrogens is 376 g/mol. The van der Waals surface area contributed by atoms with Gasteiger partial charge in [0.25, 0.3) is 5.91 Å². The number of hydrogen-bond acceptors (Lipinski definition) is 4. The van der Waals surface area contributed by atoms with Crippen LogP contribution in [0.25, 0.3) is 11.3 Å². The number of amides is 1. The van der Waals surface area contributed by atoms with E-state index in [-0.39, 0.29) is 17.9 Å². The van der Waals surface area contributed by atoms with Gasteiger partial charge in [0.05, 0.1) is 22.8 Å². The van der Waals surface area contributed by atoms with E-state index in [1.807, 2.05) is 45.2 Å². The summed E-state index contributed by atoms with van der Waals surface area (Å²) in [4.78, 5) is 12.3. The zero-order valence-corrected chi connectivity index (χ0v) is 16.7. The molecular formula is C20H21ClN6O. The summed E-state index contributed by atoms with van der Waals surface area (Å²) in [7, 11) is 0. The number of aromatic nitrogens is 4. The first-order chi connectivity index (χ1) is 13.4. The van der Waals surface area contributed by atoms with Crippen molar-refractivity contribution >= 4 is 17.5 Å². The third kappa shape index (κ3) is 4.41. The van der Waals surface area contributed by atoms with E-state index in [1.54, 1.807) is 22.9 Å². The fraction of sp³-hybridized carbons (Fsp3) is 0.300. The number of hydrogen-bond donors (Lipinski definition) is 2. The second-order valence-electron chi connectivity index (χ2n) is 6.97. The van der Waals surface area contributed by atoms with E-state index in [0.29, 0.717) is 22.8 Å². The number of nitriles is 1. The maximum atomic E-state index is 12.3. The minimum Gasteiger partial charge on any atom is -0.346 e. The number of H-pyrrole nitrogens is 1. The molecule has 1 amide bonds. The molecule has 3 rings (SSSR count). The molecule has 7 nitrogen and oxygen atoms in total. The molecule has 0 saturated heterocycles. The van der Waals surface area contributed by atoms with Gasteiger partial charge in [-0.1, -0.05) is 31.5 Å². The average molecular weight is 397 g/mol. The molecule has 0 aliphatic carbocycles. The molecule has 0 bridgehead atoms. The smallest absolute Gasteiger partial charge is 0.272 e. The van der Waals surface area contributed by atoms with Gasteiger partial charge in [-0.25, -0.2) is 0 Å². The summed E-state index contributed by atoms with van der Waals surface area (Å²) in [5.41, 5.74) is 3.32. The number of carbonyl (C=O) groups excluding carboxylic acids is 1. The van der Waals surface area contributed by atoms with Crippen molar-refractivity contribution in [3.05, 3.63) is 58.5 Å². The summed E-state index contributed by atoms with van der Waals surface area (Å²) in [5, 5.41) is 23.8. The summed E-state index contributed by atoms with van der Waals surface area (Å²) in [6, 6.07) is 10.8. The van der Waals surface area contributed by atoms with Gasteiger partial charge in [-0.3, -0.25) is 14.6 Å². The van der Waals surface area contributed by atoms with Crippen LogP contribution in [0.2, 0.25) is 5.02 Å². The topological polar surface area (TPSA) is 99.4 Å². The molecule has 0 saturated carbocycles. The molecule has 0 unspecified atom stereocenters. The predicted molar refractivity (Wildman–Crippen MR) is 107 cm³/mol. The number of nitrogens with one attached hydrogen (secondary N) is 2. The quantitative estimate of drug-likeness (QED) is 0.662. The largest absolute Gasteiger partial charge is 0.346 e. The highest BCUT2D eigenvalue weighted by molar-refractivity contribution is 6.32. The van der Waals surface area contributed by atoms with Crippen LogP contribution in [0.3, 0.4) is 0 Å². The van der Waals surface area contributed by atoms with Gasteiger partial charge in [0.1, 0.15) is 11.8 Å². The molecule has 1 aromatic carbocycles. The number of benzene rings is 1. The van der Waals surface area contributed by atoms with Gasteiger partial charge in [-0.05, 0) is 37.1 Å². The number of rotatable bonds is 6. The molecule has 8 heteroatoms. The monoisotopic (exact) mass is 396 g/mol. The molecule has 2 N–H and O–H groups in total. The molecule has 0 aliphatic heterocycles. The van der Waals surface area contributed by atoms with Crippen LogP contribution in [0.4, 0.5) is 0 Å². The Morgan fingerprint density at radius 3 is 2.75 bits per heavy atom. The molecule has 144 valence electrons. The van der Waals surface area contributed by atoms with E-state index in [9.17, 15) is 4.79 Å². The first-order valence-corrected chi connectivity index (χ1v) is 9.34. The Morgan fingerprint density at radius 2 is 2.11 bits per heavy atom. The van der Waals surface area contributed by atoms with Crippen LogP contribution >= 0.6 is 11.6 Å². The van der Waals surface area contributed by atoms with Gasteiger partial charge in [0.15, 0.2) is 0 Å². The van der Waals surface area contributed by atoms with Gasteiger partial charge in [-0.2, -0.15) is 15.5 Å². The number of carbonyl (C=O) groups is 1. The lowest BCUT2D eigenvalue weighted by Gasteiger charge is -2.13. The Kier molecular flexibility index (Phi) is 5.81. The van der Waals surface area contributed by atoms with Gasteiger partial charge < -0.3 is 5.32 Å². The maximum Gasteiger partial charge on any atom is 0.272 e. The Balaban J connectivity index is 1.63. The van der Waals surface area contributed by atoms with Gasteiger partial charge in [0.2, 0.25) is 0 Å². The molecule has 3 aromatic rings. The third-order valence-electron chi connectivity index (χ3n) is 4.32. The zero-order chi connectivity index (χ0) is 20.3. The van der Waals surface area contributed by atoms with Crippen LogP contribution in [-0.2, 0) is 6.54 Å². The van der Waals surface area contributed by atoms with Gasteiger partial charge in [0, 0.05) is 23.5 Å². The van der Waals surface area contributed by atoms with Crippen LogP contribution < -0.4 is 5.32 Å². The highest BCUT2D eigenvalue weighted by Gasteiger charge is 2.15. The zero-order valence-electron chi connectivity index (χ0n) is 15.9. The SMILES string of the molecule is CC(C)c1cc(C(=O)N[C@@H](C)Cn2ccc(-c3ccc(C#N)c(Cl)c3)n2)n[nH]1. The third-order valence-corrected chi connectivity index (χ3v) is 4.63. The van der Waals surface area contributed by atoms with Crippen molar-refractivity contribution in [1.82, 2.24) is 25.3 Å². The van der Waals surface area contributed by atoms with E-state index in [0.717, 1.165) is 17.0 Å². The van der Waals surface area contributed by atoms with Crippen molar-refractivity contribution in [2.45, 2.75) is 39.3 Å². The minimum absolute atomic E-state index is 0.135. The van der Waals surface area contributed by atoms with Crippen LogP contribution in [-0.4, -0.2) is 31.9 Å². The van der Waals surface area contributed by atoms with Crippen molar-refractivity contribution in [3.63, 3.8) is 0 Å². The highest BCUT2D eigenvalue weighted by Crippen LogP contribution is 2.24. The van der Waals surface area contributed by atoms with E-state index in [1.165, 1.54) is 0 Å². The van der Waals surface area contributed by atoms with Gasteiger partial charge in [-0.15, -0.1) is 0 Å². The molecule has 2 heterocycles. The summed E-state index contributed by atoms with van der Waals surface area (Å²) in [6.45, 7) is 6.49. The lowest BCUT2D eigenvalue weighted by atomic mass is 10.1. The predicted octanol–water partition coefficient (Wildman–Crippen LogP) is 3.74. The van der Waals surface area contributed by atoms with Crippen molar-refractivity contribution < 1.29 is 4.79 Å². The Labute approximate surface area is 168 Å².